The third-order valence-corrected chi connectivity index (χ3v) is 4.89. The minimum absolute atomic E-state index is 0.0394. The van der Waals surface area contributed by atoms with Crippen LogP contribution in [-0.2, 0) is 9.59 Å². The maximum atomic E-state index is 12.7. The number of rotatable bonds is 3. The molecule has 0 radical (unpaired) electrons. The van der Waals surface area contributed by atoms with E-state index in [1.165, 1.54) is 0 Å². The molecule has 6 heteroatoms. The van der Waals surface area contributed by atoms with Crippen LogP contribution in [0, 0.1) is 0 Å². The third-order valence-electron chi connectivity index (χ3n) is 4.89. The van der Waals surface area contributed by atoms with Crippen LogP contribution in [-0.4, -0.2) is 47.9 Å². The standard InChI is InChI=1S/C19H20N4O2/c24-18(13-15-14-5-1-2-6-16(14)21-19(15)25)23-11-9-22(10-12-23)17-7-3-4-8-20-17/h1-8,15H,9-13H2,(H,21,25). The van der Waals surface area contributed by atoms with Gasteiger partial charge < -0.3 is 15.1 Å². The lowest BCUT2D eigenvalue weighted by molar-refractivity contribution is -0.133. The zero-order chi connectivity index (χ0) is 17.2. The molecule has 6 nitrogen and oxygen atoms in total. The van der Waals surface area contributed by atoms with Crippen LogP contribution < -0.4 is 10.2 Å². The molecule has 2 aliphatic heterocycles. The molecule has 1 fully saturated rings. The molecule has 1 atom stereocenters. The van der Waals surface area contributed by atoms with E-state index >= 15 is 0 Å². The Morgan fingerprint density at radius 1 is 1.08 bits per heavy atom. The fourth-order valence-electron chi connectivity index (χ4n) is 3.51. The van der Waals surface area contributed by atoms with Crippen molar-refractivity contribution in [1.82, 2.24) is 9.88 Å². The lowest BCUT2D eigenvalue weighted by Gasteiger charge is -2.35. The van der Waals surface area contributed by atoms with Crippen LogP contribution >= 0.6 is 0 Å². The number of hydrogen-bond donors (Lipinski definition) is 1. The van der Waals surface area contributed by atoms with E-state index in [1.807, 2.05) is 47.4 Å². The van der Waals surface area contributed by atoms with Crippen LogP contribution in [0.15, 0.2) is 48.7 Å². The van der Waals surface area contributed by atoms with Crippen molar-refractivity contribution in [3.8, 4) is 0 Å². The second-order valence-electron chi connectivity index (χ2n) is 6.39. The molecular formula is C19H20N4O2. The smallest absolute Gasteiger partial charge is 0.232 e. The summed E-state index contributed by atoms with van der Waals surface area (Å²) in [6, 6.07) is 13.4. The lowest BCUT2D eigenvalue weighted by atomic mass is 9.96. The van der Waals surface area contributed by atoms with Crippen molar-refractivity contribution in [2.75, 3.05) is 36.4 Å². The van der Waals surface area contributed by atoms with Gasteiger partial charge in [0.1, 0.15) is 5.82 Å². The topological polar surface area (TPSA) is 65.5 Å². The number of fused-ring (bicyclic) bond motifs is 1. The van der Waals surface area contributed by atoms with E-state index in [4.69, 9.17) is 0 Å². The molecule has 25 heavy (non-hydrogen) atoms. The highest BCUT2D eigenvalue weighted by atomic mass is 16.2. The first-order valence-electron chi connectivity index (χ1n) is 8.56. The van der Waals surface area contributed by atoms with Crippen LogP contribution in [0.1, 0.15) is 17.9 Å². The zero-order valence-electron chi connectivity index (χ0n) is 13.9. The van der Waals surface area contributed by atoms with Crippen molar-refractivity contribution in [2.24, 2.45) is 0 Å². The van der Waals surface area contributed by atoms with Gasteiger partial charge in [0.15, 0.2) is 0 Å². The van der Waals surface area contributed by atoms with E-state index in [1.54, 1.807) is 6.20 Å². The van der Waals surface area contributed by atoms with Gasteiger partial charge in [-0.25, -0.2) is 4.98 Å². The summed E-state index contributed by atoms with van der Waals surface area (Å²) in [4.78, 5) is 33.2. The van der Waals surface area contributed by atoms with Gasteiger partial charge in [0.05, 0.1) is 5.92 Å². The molecule has 1 aromatic heterocycles. The Labute approximate surface area is 146 Å². The molecule has 0 spiro atoms. The zero-order valence-corrected chi connectivity index (χ0v) is 13.9. The summed E-state index contributed by atoms with van der Waals surface area (Å²) < 4.78 is 0. The largest absolute Gasteiger partial charge is 0.353 e. The molecule has 1 N–H and O–H groups in total. The number of amides is 2. The number of aromatic nitrogens is 1. The Kier molecular flexibility index (Phi) is 4.09. The van der Waals surface area contributed by atoms with Gasteiger partial charge in [-0.2, -0.15) is 0 Å². The number of anilines is 2. The summed E-state index contributed by atoms with van der Waals surface area (Å²) in [5, 5.41) is 2.86. The molecule has 2 aromatic rings. The van der Waals surface area contributed by atoms with Gasteiger partial charge in [-0.05, 0) is 23.8 Å². The van der Waals surface area contributed by atoms with Gasteiger partial charge in [-0.15, -0.1) is 0 Å². The van der Waals surface area contributed by atoms with E-state index in [0.29, 0.717) is 13.1 Å². The van der Waals surface area contributed by atoms with Gasteiger partial charge >= 0.3 is 0 Å². The maximum absolute atomic E-state index is 12.7. The molecule has 0 aliphatic carbocycles. The first-order valence-corrected chi connectivity index (χ1v) is 8.56. The first kappa shape index (κ1) is 15.6. The Morgan fingerprint density at radius 3 is 2.60 bits per heavy atom. The van der Waals surface area contributed by atoms with Crippen molar-refractivity contribution in [3.63, 3.8) is 0 Å². The molecule has 0 saturated carbocycles. The first-order chi connectivity index (χ1) is 12.2. The summed E-state index contributed by atoms with van der Waals surface area (Å²) in [6.45, 7) is 2.84. The van der Waals surface area contributed by atoms with Crippen LogP contribution in [0.5, 0.6) is 0 Å². The number of hydrogen-bond acceptors (Lipinski definition) is 4. The van der Waals surface area contributed by atoms with Crippen LogP contribution in [0.3, 0.4) is 0 Å². The predicted octanol–water partition coefficient (Wildman–Crippen LogP) is 1.86. The fourth-order valence-corrected chi connectivity index (χ4v) is 3.51. The SMILES string of the molecule is O=C1Nc2ccccc2C1CC(=O)N1CCN(c2ccccn2)CC1. The Bertz CT molecular complexity index is 785. The normalized spacial score (nSPS) is 19.5. The highest BCUT2D eigenvalue weighted by Gasteiger charge is 2.33. The highest BCUT2D eigenvalue weighted by molar-refractivity contribution is 6.04. The van der Waals surface area contributed by atoms with Crippen molar-refractivity contribution in [1.29, 1.82) is 0 Å². The number of pyridine rings is 1. The molecule has 4 rings (SSSR count). The van der Waals surface area contributed by atoms with Crippen LogP contribution in [0.4, 0.5) is 11.5 Å². The molecule has 1 unspecified atom stereocenters. The summed E-state index contributed by atoms with van der Waals surface area (Å²) in [7, 11) is 0. The van der Waals surface area contributed by atoms with Gasteiger partial charge in [0, 0.05) is 44.5 Å². The number of nitrogens with one attached hydrogen (secondary N) is 1. The molecule has 3 heterocycles. The Morgan fingerprint density at radius 2 is 1.84 bits per heavy atom. The number of para-hydroxylation sites is 1. The average molecular weight is 336 g/mol. The van der Waals surface area contributed by atoms with E-state index < -0.39 is 0 Å². The number of carbonyl (C=O) groups excluding carboxylic acids is 2. The minimum Gasteiger partial charge on any atom is -0.353 e. The molecule has 2 amide bonds. The lowest BCUT2D eigenvalue weighted by Crippen LogP contribution is -2.49. The molecule has 128 valence electrons. The Balaban J connectivity index is 1.38. The number of nitrogens with zero attached hydrogens (tertiary/aromatic N) is 3. The average Bonchev–Trinajstić information content (AvgIpc) is 2.98. The second-order valence-corrected chi connectivity index (χ2v) is 6.39. The predicted molar refractivity (Wildman–Crippen MR) is 95.5 cm³/mol. The molecule has 0 bridgehead atoms. The van der Waals surface area contributed by atoms with Crippen molar-refractivity contribution < 1.29 is 9.59 Å². The highest BCUT2D eigenvalue weighted by Crippen LogP contribution is 2.34. The number of piperazine rings is 1. The number of carbonyl (C=O) groups is 2. The van der Waals surface area contributed by atoms with Gasteiger partial charge in [0.25, 0.3) is 0 Å². The van der Waals surface area contributed by atoms with E-state index in [9.17, 15) is 9.59 Å². The molecule has 2 aliphatic rings. The Hall–Kier alpha value is -2.89. The maximum Gasteiger partial charge on any atom is 0.232 e. The van der Waals surface area contributed by atoms with Crippen molar-refractivity contribution >= 4 is 23.3 Å². The van der Waals surface area contributed by atoms with Crippen LogP contribution in [0.2, 0.25) is 0 Å². The second kappa shape index (κ2) is 6.55. The van der Waals surface area contributed by atoms with E-state index in [0.717, 1.165) is 30.2 Å². The fraction of sp³-hybridized carbons (Fsp3) is 0.316. The van der Waals surface area contributed by atoms with Gasteiger partial charge in [0.2, 0.25) is 11.8 Å². The molecule has 1 saturated heterocycles. The number of benzene rings is 1. The molecular weight excluding hydrogens is 316 g/mol. The summed E-state index contributed by atoms with van der Waals surface area (Å²) >= 11 is 0. The van der Waals surface area contributed by atoms with Crippen molar-refractivity contribution in [2.45, 2.75) is 12.3 Å². The third kappa shape index (κ3) is 3.07. The minimum atomic E-state index is -0.377. The van der Waals surface area contributed by atoms with E-state index in [2.05, 4.69) is 15.2 Å². The summed E-state index contributed by atoms with van der Waals surface area (Å²) in [5.74, 6) is 0.524. The van der Waals surface area contributed by atoms with Gasteiger partial charge in [-0.1, -0.05) is 24.3 Å². The van der Waals surface area contributed by atoms with E-state index in [-0.39, 0.29) is 24.2 Å². The quantitative estimate of drug-likeness (QED) is 0.929. The molecule has 1 aromatic carbocycles. The van der Waals surface area contributed by atoms with Crippen LogP contribution in [0.25, 0.3) is 0 Å². The van der Waals surface area contributed by atoms with Crippen molar-refractivity contribution in [3.05, 3.63) is 54.2 Å². The van der Waals surface area contributed by atoms with Gasteiger partial charge in [-0.3, -0.25) is 9.59 Å². The summed E-state index contributed by atoms with van der Waals surface area (Å²) in [5.41, 5.74) is 1.75. The summed E-state index contributed by atoms with van der Waals surface area (Å²) in [6.07, 6.45) is 2.01. The monoisotopic (exact) mass is 336 g/mol.